The van der Waals surface area contributed by atoms with Crippen molar-refractivity contribution in [1.29, 1.82) is 5.26 Å². The van der Waals surface area contributed by atoms with Gasteiger partial charge in [-0.3, -0.25) is 4.79 Å². The minimum Gasteiger partial charge on any atom is -0.338 e. The van der Waals surface area contributed by atoms with Crippen LogP contribution in [0.1, 0.15) is 12.0 Å². The first-order valence-corrected chi connectivity index (χ1v) is 8.24. The second-order valence-electron chi connectivity index (χ2n) is 5.01. The molecule has 1 unspecified atom stereocenters. The van der Waals surface area contributed by atoms with Gasteiger partial charge in [0, 0.05) is 20.1 Å². The largest absolute Gasteiger partial charge is 0.338 e. The van der Waals surface area contributed by atoms with Crippen LogP contribution in [0.3, 0.4) is 0 Å². The Hall–Kier alpha value is -2.17. The van der Waals surface area contributed by atoms with Crippen LogP contribution < -0.4 is 0 Å². The van der Waals surface area contributed by atoms with Gasteiger partial charge in [0.1, 0.15) is 12.1 Å². The van der Waals surface area contributed by atoms with Gasteiger partial charge >= 0.3 is 0 Å². The summed E-state index contributed by atoms with van der Waals surface area (Å²) in [5.41, 5.74) is 0.0720. The lowest BCUT2D eigenvalue weighted by Crippen LogP contribution is -2.43. The Morgan fingerprint density at radius 3 is 2.82 bits per heavy atom. The molecule has 1 aliphatic rings. The highest BCUT2D eigenvalue weighted by Crippen LogP contribution is 2.25. The van der Waals surface area contributed by atoms with Crippen molar-refractivity contribution in [2.75, 3.05) is 20.1 Å². The van der Waals surface area contributed by atoms with Crippen LogP contribution in [0.4, 0.5) is 0 Å². The number of hydrogen-bond acceptors (Lipinski definition) is 4. The molecular formula is C15H17N3O3S. The summed E-state index contributed by atoms with van der Waals surface area (Å²) in [6.45, 7) is 4.48. The molecule has 1 fully saturated rings. The van der Waals surface area contributed by atoms with E-state index < -0.39 is 16.1 Å². The molecule has 7 heteroatoms. The average Bonchev–Trinajstić information content (AvgIpc) is 2.88. The topological polar surface area (TPSA) is 81.5 Å². The number of benzene rings is 1. The fourth-order valence-electron chi connectivity index (χ4n) is 2.50. The molecule has 1 heterocycles. The number of hydrogen-bond donors (Lipinski definition) is 0. The van der Waals surface area contributed by atoms with Crippen molar-refractivity contribution in [2.45, 2.75) is 17.4 Å². The third-order valence-electron chi connectivity index (χ3n) is 3.72. The quantitative estimate of drug-likeness (QED) is 0.757. The van der Waals surface area contributed by atoms with Gasteiger partial charge in [0.15, 0.2) is 0 Å². The maximum atomic E-state index is 12.7. The van der Waals surface area contributed by atoms with E-state index in [-0.39, 0.29) is 16.4 Å². The van der Waals surface area contributed by atoms with Crippen molar-refractivity contribution < 1.29 is 13.2 Å². The SMILES string of the molecule is C=CCN1CCC(N(C)S(=O)(=O)c2ccccc2C#N)C1=O. The summed E-state index contributed by atoms with van der Waals surface area (Å²) in [6, 6.07) is 7.12. The van der Waals surface area contributed by atoms with Crippen molar-refractivity contribution in [3.05, 3.63) is 42.5 Å². The molecule has 0 aromatic heterocycles. The van der Waals surface area contributed by atoms with E-state index in [2.05, 4.69) is 6.58 Å². The maximum Gasteiger partial charge on any atom is 0.244 e. The van der Waals surface area contributed by atoms with Crippen LogP contribution in [0.25, 0.3) is 0 Å². The predicted octanol–water partition coefficient (Wildman–Crippen LogP) is 0.966. The highest BCUT2D eigenvalue weighted by Gasteiger charge is 2.39. The Kier molecular flexibility index (Phi) is 4.64. The molecule has 1 aliphatic heterocycles. The molecule has 0 N–H and O–H groups in total. The minimum absolute atomic E-state index is 0.0720. The number of nitriles is 1. The Bertz CT molecular complexity index is 737. The van der Waals surface area contributed by atoms with Gasteiger partial charge in [-0.25, -0.2) is 8.42 Å². The number of likely N-dealkylation sites (tertiary alicyclic amines) is 1. The van der Waals surface area contributed by atoms with E-state index in [0.29, 0.717) is 19.5 Å². The molecule has 1 saturated heterocycles. The molecule has 0 radical (unpaired) electrons. The third kappa shape index (κ3) is 2.75. The normalized spacial score (nSPS) is 18.5. The van der Waals surface area contributed by atoms with Crippen molar-refractivity contribution in [2.24, 2.45) is 0 Å². The smallest absolute Gasteiger partial charge is 0.244 e. The molecule has 1 atom stereocenters. The lowest BCUT2D eigenvalue weighted by molar-refractivity contribution is -0.130. The third-order valence-corrected chi connectivity index (χ3v) is 5.65. The second kappa shape index (κ2) is 6.30. The lowest BCUT2D eigenvalue weighted by atomic mass is 10.2. The summed E-state index contributed by atoms with van der Waals surface area (Å²) < 4.78 is 26.4. The maximum absolute atomic E-state index is 12.7. The van der Waals surface area contributed by atoms with E-state index >= 15 is 0 Å². The van der Waals surface area contributed by atoms with Crippen LogP contribution in [0.2, 0.25) is 0 Å². The first-order chi connectivity index (χ1) is 10.4. The molecule has 116 valence electrons. The van der Waals surface area contributed by atoms with E-state index in [1.165, 1.54) is 19.2 Å². The monoisotopic (exact) mass is 319 g/mol. The average molecular weight is 319 g/mol. The van der Waals surface area contributed by atoms with E-state index in [1.54, 1.807) is 23.1 Å². The van der Waals surface area contributed by atoms with Crippen LogP contribution >= 0.6 is 0 Å². The van der Waals surface area contributed by atoms with Crippen LogP contribution in [-0.2, 0) is 14.8 Å². The van der Waals surface area contributed by atoms with Crippen LogP contribution in [0.15, 0.2) is 41.8 Å². The molecular weight excluding hydrogens is 302 g/mol. The summed E-state index contributed by atoms with van der Waals surface area (Å²) >= 11 is 0. The molecule has 2 rings (SSSR count). The van der Waals surface area contributed by atoms with Gasteiger partial charge in [0.25, 0.3) is 0 Å². The van der Waals surface area contributed by atoms with E-state index in [9.17, 15) is 13.2 Å². The minimum atomic E-state index is -3.90. The zero-order chi connectivity index (χ0) is 16.3. The molecule has 1 aromatic carbocycles. The molecule has 22 heavy (non-hydrogen) atoms. The van der Waals surface area contributed by atoms with Gasteiger partial charge in [-0.2, -0.15) is 9.57 Å². The fraction of sp³-hybridized carbons (Fsp3) is 0.333. The number of nitrogens with zero attached hydrogens (tertiary/aromatic N) is 3. The van der Waals surface area contributed by atoms with E-state index in [4.69, 9.17) is 5.26 Å². The predicted molar refractivity (Wildman–Crippen MR) is 81.3 cm³/mol. The highest BCUT2D eigenvalue weighted by molar-refractivity contribution is 7.89. The number of carbonyl (C=O) groups excluding carboxylic acids is 1. The summed E-state index contributed by atoms with van der Waals surface area (Å²) in [5.74, 6) is -0.236. The van der Waals surface area contributed by atoms with Crippen molar-refractivity contribution >= 4 is 15.9 Å². The van der Waals surface area contributed by atoms with Crippen molar-refractivity contribution in [3.8, 4) is 6.07 Å². The van der Waals surface area contributed by atoms with Gasteiger partial charge in [-0.15, -0.1) is 6.58 Å². The Morgan fingerprint density at radius 1 is 1.50 bits per heavy atom. The molecule has 6 nitrogen and oxygen atoms in total. The summed E-state index contributed by atoms with van der Waals surface area (Å²) in [4.78, 5) is 13.8. The summed E-state index contributed by atoms with van der Waals surface area (Å²) in [7, 11) is -2.52. The Morgan fingerprint density at radius 2 is 2.18 bits per heavy atom. The molecule has 0 saturated carbocycles. The van der Waals surface area contributed by atoms with Crippen LogP contribution in [0, 0.1) is 11.3 Å². The number of likely N-dealkylation sites (N-methyl/N-ethyl adjacent to an activating group) is 1. The highest BCUT2D eigenvalue weighted by atomic mass is 32.2. The van der Waals surface area contributed by atoms with Gasteiger partial charge in [-0.05, 0) is 18.6 Å². The van der Waals surface area contributed by atoms with E-state index in [0.717, 1.165) is 4.31 Å². The molecule has 0 aliphatic carbocycles. The zero-order valence-electron chi connectivity index (χ0n) is 12.3. The summed E-state index contributed by atoms with van der Waals surface area (Å²) in [5, 5.41) is 9.07. The number of carbonyl (C=O) groups is 1. The molecule has 1 amide bonds. The number of sulfonamides is 1. The standard InChI is InChI=1S/C15H17N3O3S/c1-3-9-18-10-8-13(15(18)19)17(2)22(20,21)14-7-5-4-6-12(14)11-16/h3-7,13H,1,8-10H2,2H3. The first-order valence-electron chi connectivity index (χ1n) is 6.80. The number of amides is 1. The molecule has 0 spiro atoms. The van der Waals surface area contributed by atoms with Gasteiger partial charge in [-0.1, -0.05) is 18.2 Å². The van der Waals surface area contributed by atoms with Gasteiger partial charge in [0.2, 0.25) is 15.9 Å². The van der Waals surface area contributed by atoms with Crippen LogP contribution in [-0.4, -0.2) is 49.7 Å². The summed E-state index contributed by atoms with van der Waals surface area (Å²) in [6.07, 6.45) is 2.04. The second-order valence-corrected chi connectivity index (χ2v) is 6.97. The van der Waals surface area contributed by atoms with Crippen molar-refractivity contribution in [3.63, 3.8) is 0 Å². The van der Waals surface area contributed by atoms with Gasteiger partial charge in [0.05, 0.1) is 10.5 Å². The zero-order valence-corrected chi connectivity index (χ0v) is 13.1. The van der Waals surface area contributed by atoms with Gasteiger partial charge < -0.3 is 4.90 Å². The molecule has 0 bridgehead atoms. The van der Waals surface area contributed by atoms with Crippen molar-refractivity contribution in [1.82, 2.24) is 9.21 Å². The number of rotatable bonds is 5. The Labute approximate surface area is 130 Å². The first kappa shape index (κ1) is 16.2. The molecule has 1 aromatic rings. The van der Waals surface area contributed by atoms with E-state index in [1.807, 2.05) is 6.07 Å². The Balaban J connectivity index is 2.33. The lowest BCUT2D eigenvalue weighted by Gasteiger charge is -2.23. The van der Waals surface area contributed by atoms with Crippen LogP contribution in [0.5, 0.6) is 0 Å². The fourth-order valence-corrected chi connectivity index (χ4v) is 3.99.